The molecule has 2 aromatic heterocycles. The second kappa shape index (κ2) is 4.52. The fourth-order valence-corrected chi connectivity index (χ4v) is 2.30. The zero-order chi connectivity index (χ0) is 14.2. The Morgan fingerprint density at radius 2 is 1.81 bits per heavy atom. The molecular formula is C15H11N5O. The van der Waals surface area contributed by atoms with Crippen molar-refractivity contribution in [2.24, 2.45) is 0 Å². The molecule has 0 fully saturated rings. The SMILES string of the molecule is Cc1nnnn1-c1ccc(-c2ccc3ncoc3c2)cc1. The van der Waals surface area contributed by atoms with Gasteiger partial charge in [0.05, 0.1) is 5.69 Å². The van der Waals surface area contributed by atoms with Crippen molar-refractivity contribution >= 4 is 11.1 Å². The minimum atomic E-state index is 0.755. The first kappa shape index (κ1) is 11.8. The molecule has 21 heavy (non-hydrogen) atoms. The van der Waals surface area contributed by atoms with Gasteiger partial charge in [-0.1, -0.05) is 18.2 Å². The second-order valence-electron chi connectivity index (χ2n) is 4.72. The molecule has 0 atom stereocenters. The summed E-state index contributed by atoms with van der Waals surface area (Å²) in [6.45, 7) is 1.87. The van der Waals surface area contributed by atoms with E-state index >= 15 is 0 Å². The van der Waals surface area contributed by atoms with Gasteiger partial charge in [0.15, 0.2) is 17.8 Å². The van der Waals surface area contributed by atoms with Crippen LogP contribution >= 0.6 is 0 Å². The molecule has 0 spiro atoms. The van der Waals surface area contributed by atoms with E-state index < -0.39 is 0 Å². The lowest BCUT2D eigenvalue weighted by atomic mass is 10.1. The topological polar surface area (TPSA) is 69.6 Å². The van der Waals surface area contributed by atoms with Gasteiger partial charge >= 0.3 is 0 Å². The van der Waals surface area contributed by atoms with Crippen LogP contribution in [0.25, 0.3) is 27.9 Å². The average Bonchev–Trinajstić information content (AvgIpc) is 3.15. The van der Waals surface area contributed by atoms with E-state index in [9.17, 15) is 0 Å². The Morgan fingerprint density at radius 1 is 1.00 bits per heavy atom. The quantitative estimate of drug-likeness (QED) is 0.563. The average molecular weight is 277 g/mol. The van der Waals surface area contributed by atoms with Crippen LogP contribution in [0.5, 0.6) is 0 Å². The van der Waals surface area contributed by atoms with Crippen LogP contribution in [0, 0.1) is 6.92 Å². The van der Waals surface area contributed by atoms with Gasteiger partial charge in [-0.2, -0.15) is 4.68 Å². The Bertz CT molecular complexity index is 907. The molecule has 102 valence electrons. The van der Waals surface area contributed by atoms with Crippen LogP contribution < -0.4 is 0 Å². The Hall–Kier alpha value is -3.02. The number of benzene rings is 2. The zero-order valence-electron chi connectivity index (χ0n) is 11.3. The molecule has 4 aromatic rings. The van der Waals surface area contributed by atoms with Gasteiger partial charge in [0.1, 0.15) is 5.52 Å². The summed E-state index contributed by atoms with van der Waals surface area (Å²) in [5.41, 5.74) is 4.76. The van der Waals surface area contributed by atoms with E-state index in [-0.39, 0.29) is 0 Å². The Balaban J connectivity index is 1.74. The highest BCUT2D eigenvalue weighted by molar-refractivity contribution is 5.80. The van der Waals surface area contributed by atoms with E-state index in [2.05, 4.69) is 20.5 Å². The van der Waals surface area contributed by atoms with Crippen molar-refractivity contribution in [2.75, 3.05) is 0 Å². The van der Waals surface area contributed by atoms with Crippen LogP contribution in [0.15, 0.2) is 53.3 Å². The summed E-state index contributed by atoms with van der Waals surface area (Å²) in [5, 5.41) is 11.5. The number of aryl methyl sites for hydroxylation is 1. The third kappa shape index (κ3) is 1.97. The normalized spacial score (nSPS) is 11.1. The summed E-state index contributed by atoms with van der Waals surface area (Å²) in [5.74, 6) is 0.755. The maximum Gasteiger partial charge on any atom is 0.181 e. The molecule has 0 aliphatic rings. The standard InChI is InChI=1S/C15H11N5O/c1-10-17-18-19-20(10)13-5-2-11(3-6-13)12-4-7-14-15(8-12)21-9-16-14/h2-9H,1H3. The molecule has 0 radical (unpaired) electrons. The number of hydrogen-bond donors (Lipinski definition) is 0. The van der Waals surface area contributed by atoms with E-state index in [4.69, 9.17) is 4.42 Å². The maximum atomic E-state index is 5.34. The fourth-order valence-electron chi connectivity index (χ4n) is 2.30. The first-order valence-electron chi connectivity index (χ1n) is 6.50. The molecule has 2 heterocycles. The molecule has 0 N–H and O–H groups in total. The van der Waals surface area contributed by atoms with Gasteiger partial charge in [0.2, 0.25) is 0 Å². The Morgan fingerprint density at radius 3 is 2.57 bits per heavy atom. The zero-order valence-corrected chi connectivity index (χ0v) is 11.3. The number of fused-ring (bicyclic) bond motifs is 1. The molecule has 2 aromatic carbocycles. The predicted molar refractivity (Wildman–Crippen MR) is 76.9 cm³/mol. The number of tetrazole rings is 1. The van der Waals surface area contributed by atoms with Crippen molar-refractivity contribution in [2.45, 2.75) is 6.92 Å². The molecule has 6 heteroatoms. The van der Waals surface area contributed by atoms with Crippen LogP contribution in [-0.4, -0.2) is 25.2 Å². The van der Waals surface area contributed by atoms with Crippen LogP contribution in [-0.2, 0) is 0 Å². The lowest BCUT2D eigenvalue weighted by Crippen LogP contribution is -1.98. The third-order valence-corrected chi connectivity index (χ3v) is 3.40. The maximum absolute atomic E-state index is 5.34. The molecule has 0 aliphatic carbocycles. The number of aromatic nitrogens is 5. The summed E-state index contributed by atoms with van der Waals surface area (Å²) >= 11 is 0. The first-order valence-corrected chi connectivity index (χ1v) is 6.50. The summed E-state index contributed by atoms with van der Waals surface area (Å²) < 4.78 is 7.03. The van der Waals surface area contributed by atoms with Crippen molar-refractivity contribution in [3.05, 3.63) is 54.7 Å². The molecule has 4 rings (SSSR count). The molecule has 0 bridgehead atoms. The number of hydrogen-bond acceptors (Lipinski definition) is 5. The van der Waals surface area contributed by atoms with Gasteiger partial charge in [-0.25, -0.2) is 4.98 Å². The molecule has 0 saturated heterocycles. The van der Waals surface area contributed by atoms with Gasteiger partial charge in [0, 0.05) is 0 Å². The summed E-state index contributed by atoms with van der Waals surface area (Å²) in [4.78, 5) is 4.12. The van der Waals surface area contributed by atoms with Gasteiger partial charge in [0.25, 0.3) is 0 Å². The minimum absolute atomic E-state index is 0.755. The minimum Gasteiger partial charge on any atom is -0.443 e. The van der Waals surface area contributed by atoms with E-state index in [0.717, 1.165) is 33.7 Å². The summed E-state index contributed by atoms with van der Waals surface area (Å²) in [6, 6.07) is 14.0. The molecule has 0 unspecified atom stereocenters. The Kier molecular flexibility index (Phi) is 2.53. The largest absolute Gasteiger partial charge is 0.443 e. The van der Waals surface area contributed by atoms with Crippen LogP contribution in [0.4, 0.5) is 0 Å². The number of oxazole rings is 1. The number of nitrogens with zero attached hydrogens (tertiary/aromatic N) is 5. The monoisotopic (exact) mass is 277 g/mol. The highest BCUT2D eigenvalue weighted by atomic mass is 16.3. The lowest BCUT2D eigenvalue weighted by molar-refractivity contribution is 0.602. The van der Waals surface area contributed by atoms with Gasteiger partial charge < -0.3 is 4.42 Å². The molecular weight excluding hydrogens is 266 g/mol. The van der Waals surface area contributed by atoms with Gasteiger partial charge in [-0.15, -0.1) is 5.10 Å². The van der Waals surface area contributed by atoms with Crippen molar-refractivity contribution in [1.29, 1.82) is 0 Å². The Labute approximate surface area is 120 Å². The van der Waals surface area contributed by atoms with Crippen molar-refractivity contribution in [3.63, 3.8) is 0 Å². The smallest absolute Gasteiger partial charge is 0.181 e. The predicted octanol–water partition coefficient (Wildman–Crippen LogP) is 2.78. The van der Waals surface area contributed by atoms with Gasteiger partial charge in [-0.3, -0.25) is 0 Å². The highest BCUT2D eigenvalue weighted by Crippen LogP contribution is 2.24. The summed E-state index contributed by atoms with van der Waals surface area (Å²) in [6.07, 6.45) is 1.46. The fraction of sp³-hybridized carbons (Fsp3) is 0.0667. The van der Waals surface area contributed by atoms with Crippen LogP contribution in [0.3, 0.4) is 0 Å². The highest BCUT2D eigenvalue weighted by Gasteiger charge is 2.05. The number of rotatable bonds is 2. The second-order valence-corrected chi connectivity index (χ2v) is 4.72. The van der Waals surface area contributed by atoms with Crippen LogP contribution in [0.2, 0.25) is 0 Å². The molecule has 0 saturated carbocycles. The van der Waals surface area contributed by atoms with Gasteiger partial charge in [-0.05, 0) is 52.7 Å². The first-order chi connectivity index (χ1) is 10.3. The molecule has 0 aliphatic heterocycles. The van der Waals surface area contributed by atoms with Crippen molar-refractivity contribution in [3.8, 4) is 16.8 Å². The van der Waals surface area contributed by atoms with Crippen LogP contribution in [0.1, 0.15) is 5.82 Å². The molecule has 6 nitrogen and oxygen atoms in total. The van der Waals surface area contributed by atoms with E-state index in [1.807, 2.05) is 49.4 Å². The third-order valence-electron chi connectivity index (χ3n) is 3.40. The van der Waals surface area contributed by atoms with Crippen molar-refractivity contribution < 1.29 is 4.42 Å². The van der Waals surface area contributed by atoms with Crippen molar-refractivity contribution in [1.82, 2.24) is 25.2 Å². The molecule has 0 amide bonds. The summed E-state index contributed by atoms with van der Waals surface area (Å²) in [7, 11) is 0. The van der Waals surface area contributed by atoms with E-state index in [0.29, 0.717) is 0 Å². The lowest BCUT2D eigenvalue weighted by Gasteiger charge is -2.04. The van der Waals surface area contributed by atoms with E-state index in [1.54, 1.807) is 4.68 Å². The van der Waals surface area contributed by atoms with E-state index in [1.165, 1.54) is 6.39 Å².